The van der Waals surface area contributed by atoms with Crippen molar-refractivity contribution in [2.45, 2.75) is 30.8 Å². The van der Waals surface area contributed by atoms with E-state index in [9.17, 15) is 8.42 Å². The Hall–Kier alpha value is -1.96. The molecule has 2 rings (SSSR count). The van der Waals surface area contributed by atoms with E-state index in [4.69, 9.17) is 22.7 Å². The molecule has 0 radical (unpaired) electrons. The highest BCUT2D eigenvalue weighted by Crippen LogP contribution is 2.15. The highest BCUT2D eigenvalue weighted by atomic mass is 32.2. The topological polar surface area (TPSA) is 81.4 Å². The van der Waals surface area contributed by atoms with Crippen molar-refractivity contribution in [3.63, 3.8) is 0 Å². The number of hydrogen-bond acceptors (Lipinski definition) is 4. The van der Waals surface area contributed by atoms with Crippen LogP contribution in [0.1, 0.15) is 25.3 Å². The van der Waals surface area contributed by atoms with Gasteiger partial charge in [0.1, 0.15) is 10.7 Å². The zero-order valence-corrected chi connectivity index (χ0v) is 15.6. The SMILES string of the molecule is CC(CCCNS(=O)(=O)c1ccccc1)Oc1ccc(C(N)=S)cc1. The molecule has 7 heteroatoms. The fourth-order valence-corrected chi connectivity index (χ4v) is 3.50. The van der Waals surface area contributed by atoms with Gasteiger partial charge in [-0.05, 0) is 56.2 Å². The van der Waals surface area contributed by atoms with Gasteiger partial charge in [-0.15, -0.1) is 0 Å². The van der Waals surface area contributed by atoms with Gasteiger partial charge in [0.15, 0.2) is 0 Å². The van der Waals surface area contributed by atoms with E-state index in [1.54, 1.807) is 30.3 Å². The van der Waals surface area contributed by atoms with Gasteiger partial charge in [0.05, 0.1) is 11.0 Å². The Morgan fingerprint density at radius 2 is 1.80 bits per heavy atom. The van der Waals surface area contributed by atoms with Gasteiger partial charge in [-0.3, -0.25) is 0 Å². The summed E-state index contributed by atoms with van der Waals surface area (Å²) in [4.78, 5) is 0.627. The van der Waals surface area contributed by atoms with Crippen LogP contribution in [0.15, 0.2) is 59.5 Å². The molecule has 3 N–H and O–H groups in total. The third-order valence-electron chi connectivity index (χ3n) is 3.61. The minimum Gasteiger partial charge on any atom is -0.491 e. The number of sulfonamides is 1. The van der Waals surface area contributed by atoms with Crippen molar-refractivity contribution in [1.29, 1.82) is 0 Å². The van der Waals surface area contributed by atoms with Crippen LogP contribution in [0.4, 0.5) is 0 Å². The van der Waals surface area contributed by atoms with Gasteiger partial charge in [-0.2, -0.15) is 0 Å². The van der Waals surface area contributed by atoms with Gasteiger partial charge in [0.2, 0.25) is 10.0 Å². The fourth-order valence-electron chi connectivity index (χ4n) is 2.27. The Morgan fingerprint density at radius 1 is 1.16 bits per heavy atom. The van der Waals surface area contributed by atoms with Crippen molar-refractivity contribution in [2.75, 3.05) is 6.54 Å². The number of ether oxygens (including phenoxy) is 1. The average Bonchev–Trinajstić information content (AvgIpc) is 2.60. The summed E-state index contributed by atoms with van der Waals surface area (Å²) < 4.78 is 32.6. The van der Waals surface area contributed by atoms with E-state index in [2.05, 4.69) is 4.72 Å². The Bertz CT molecular complexity index is 791. The van der Waals surface area contributed by atoms with E-state index in [0.717, 1.165) is 17.7 Å². The lowest BCUT2D eigenvalue weighted by Crippen LogP contribution is -2.25. The summed E-state index contributed by atoms with van der Waals surface area (Å²) in [7, 11) is -3.44. The maximum atomic E-state index is 12.1. The van der Waals surface area contributed by atoms with E-state index in [1.165, 1.54) is 0 Å². The van der Waals surface area contributed by atoms with E-state index < -0.39 is 10.0 Å². The minimum absolute atomic E-state index is 0.0306. The third kappa shape index (κ3) is 6.12. The molecule has 0 spiro atoms. The number of benzene rings is 2. The minimum atomic E-state index is -3.44. The first-order valence-electron chi connectivity index (χ1n) is 8.00. The molecule has 2 aromatic rings. The van der Waals surface area contributed by atoms with Crippen LogP contribution < -0.4 is 15.2 Å². The maximum absolute atomic E-state index is 12.1. The van der Waals surface area contributed by atoms with E-state index in [-0.39, 0.29) is 11.0 Å². The summed E-state index contributed by atoms with van der Waals surface area (Å²) in [5.74, 6) is 0.734. The Morgan fingerprint density at radius 3 is 2.40 bits per heavy atom. The molecule has 0 saturated carbocycles. The molecule has 2 aromatic carbocycles. The summed E-state index contributed by atoms with van der Waals surface area (Å²) >= 11 is 4.91. The molecule has 0 saturated heterocycles. The molecule has 25 heavy (non-hydrogen) atoms. The first-order valence-corrected chi connectivity index (χ1v) is 9.89. The van der Waals surface area contributed by atoms with Crippen LogP contribution in [0.2, 0.25) is 0 Å². The van der Waals surface area contributed by atoms with Crippen LogP contribution in [0, 0.1) is 0 Å². The molecule has 0 aliphatic rings. The number of nitrogens with two attached hydrogens (primary N) is 1. The average molecular weight is 379 g/mol. The fraction of sp³-hybridized carbons (Fsp3) is 0.278. The number of rotatable bonds is 9. The van der Waals surface area contributed by atoms with Crippen molar-refractivity contribution >= 4 is 27.2 Å². The second-order valence-corrected chi connectivity index (χ2v) is 7.88. The molecule has 1 unspecified atom stereocenters. The van der Waals surface area contributed by atoms with Crippen LogP contribution in [0.25, 0.3) is 0 Å². The second-order valence-electron chi connectivity index (χ2n) is 5.67. The smallest absolute Gasteiger partial charge is 0.240 e. The lowest BCUT2D eigenvalue weighted by atomic mass is 10.2. The molecule has 1 atom stereocenters. The van der Waals surface area contributed by atoms with Crippen LogP contribution >= 0.6 is 12.2 Å². The van der Waals surface area contributed by atoms with Crippen molar-refractivity contribution in [3.05, 3.63) is 60.2 Å². The molecule has 0 heterocycles. The number of hydrogen-bond donors (Lipinski definition) is 2. The van der Waals surface area contributed by atoms with Crippen LogP contribution in [-0.2, 0) is 10.0 Å². The molecule has 0 aliphatic heterocycles. The van der Waals surface area contributed by atoms with Crippen molar-refractivity contribution in [3.8, 4) is 5.75 Å². The Labute approximate surface area is 154 Å². The van der Waals surface area contributed by atoms with Crippen LogP contribution in [-0.4, -0.2) is 26.1 Å². The summed E-state index contributed by atoms with van der Waals surface area (Å²) in [5.41, 5.74) is 6.35. The first kappa shape index (κ1) is 19.4. The molecule has 0 amide bonds. The highest BCUT2D eigenvalue weighted by molar-refractivity contribution is 7.89. The normalized spacial score (nSPS) is 12.5. The summed E-state index contributed by atoms with van der Waals surface area (Å²) in [5, 5.41) is 0. The standard InChI is InChI=1S/C18H22N2O3S2/c1-14(23-16-11-9-15(10-12-16)18(19)24)6-5-13-20-25(21,22)17-7-3-2-4-8-17/h2-4,7-12,14,20H,5-6,13H2,1H3,(H2,19,24). The molecule has 0 fully saturated rings. The van der Waals surface area contributed by atoms with Gasteiger partial charge in [0, 0.05) is 12.1 Å². The van der Waals surface area contributed by atoms with Gasteiger partial charge >= 0.3 is 0 Å². The predicted molar refractivity (Wildman–Crippen MR) is 103 cm³/mol. The summed E-state index contributed by atoms with van der Waals surface area (Å²) in [6, 6.07) is 15.6. The Kier molecular flexibility index (Phi) is 6.92. The van der Waals surface area contributed by atoms with E-state index in [0.29, 0.717) is 18.0 Å². The molecule has 134 valence electrons. The lowest BCUT2D eigenvalue weighted by molar-refractivity contribution is 0.208. The molecule has 0 bridgehead atoms. The quantitative estimate of drug-likeness (QED) is 0.518. The molecule has 5 nitrogen and oxygen atoms in total. The van der Waals surface area contributed by atoms with E-state index in [1.807, 2.05) is 31.2 Å². The van der Waals surface area contributed by atoms with Crippen LogP contribution in [0.5, 0.6) is 5.75 Å². The maximum Gasteiger partial charge on any atom is 0.240 e. The molecule has 0 aromatic heterocycles. The predicted octanol–water partition coefficient (Wildman–Crippen LogP) is 2.85. The zero-order chi connectivity index (χ0) is 18.3. The van der Waals surface area contributed by atoms with E-state index >= 15 is 0 Å². The van der Waals surface area contributed by atoms with Gasteiger partial charge in [0.25, 0.3) is 0 Å². The summed E-state index contributed by atoms with van der Waals surface area (Å²) in [6.07, 6.45) is 1.38. The van der Waals surface area contributed by atoms with Crippen molar-refractivity contribution < 1.29 is 13.2 Å². The first-order chi connectivity index (χ1) is 11.9. The highest BCUT2D eigenvalue weighted by Gasteiger charge is 2.12. The second kappa shape index (κ2) is 8.94. The lowest BCUT2D eigenvalue weighted by Gasteiger charge is -2.15. The van der Waals surface area contributed by atoms with Crippen molar-refractivity contribution in [2.24, 2.45) is 5.73 Å². The zero-order valence-electron chi connectivity index (χ0n) is 14.0. The van der Waals surface area contributed by atoms with Gasteiger partial charge in [-0.25, -0.2) is 13.1 Å². The third-order valence-corrected chi connectivity index (χ3v) is 5.32. The van der Waals surface area contributed by atoms with Gasteiger partial charge < -0.3 is 10.5 Å². The largest absolute Gasteiger partial charge is 0.491 e. The number of nitrogens with one attached hydrogen (secondary N) is 1. The van der Waals surface area contributed by atoms with Crippen molar-refractivity contribution in [1.82, 2.24) is 4.72 Å². The molecular formula is C18H22N2O3S2. The Balaban J connectivity index is 1.75. The van der Waals surface area contributed by atoms with Gasteiger partial charge in [-0.1, -0.05) is 30.4 Å². The molecular weight excluding hydrogens is 356 g/mol. The monoisotopic (exact) mass is 378 g/mol. The summed E-state index contributed by atoms with van der Waals surface area (Å²) in [6.45, 7) is 2.32. The number of thiocarbonyl (C=S) groups is 1. The van der Waals surface area contributed by atoms with Crippen LogP contribution in [0.3, 0.4) is 0 Å². The molecule has 0 aliphatic carbocycles.